The summed E-state index contributed by atoms with van der Waals surface area (Å²) in [5.41, 5.74) is 0.828. The molecule has 0 aromatic carbocycles. The van der Waals surface area contributed by atoms with Crippen LogP contribution in [0.1, 0.15) is 19.3 Å². The van der Waals surface area contributed by atoms with E-state index in [0.29, 0.717) is 11.3 Å². The molecule has 0 saturated carbocycles. The molecule has 0 spiro atoms. The van der Waals surface area contributed by atoms with Gasteiger partial charge in [-0.15, -0.1) is 11.3 Å². The fourth-order valence-corrected chi connectivity index (χ4v) is 3.36. The van der Waals surface area contributed by atoms with E-state index in [1.165, 1.54) is 11.3 Å². The van der Waals surface area contributed by atoms with E-state index in [1.54, 1.807) is 4.57 Å². The number of nitrogens with one attached hydrogen (secondary N) is 1. The third kappa shape index (κ3) is 2.15. The van der Waals surface area contributed by atoms with Crippen LogP contribution < -0.4 is 5.56 Å². The number of rotatable bonds is 2. The molecular weight excluding hydrogens is 268 g/mol. The minimum Gasteiger partial charge on any atom is -0.376 e. The molecule has 0 amide bonds. The van der Waals surface area contributed by atoms with E-state index in [2.05, 4.69) is 4.98 Å². The number of nitrogens with zero attached hydrogens (tertiary/aromatic N) is 1. The van der Waals surface area contributed by atoms with E-state index in [-0.39, 0.29) is 11.7 Å². The summed E-state index contributed by atoms with van der Waals surface area (Å²) in [6, 6.07) is 1.89. The zero-order valence-electron chi connectivity index (χ0n) is 9.85. The highest BCUT2D eigenvalue weighted by molar-refractivity contribution is 7.71. The molecular formula is C12H14N2O2S2. The number of hydrogen-bond donors (Lipinski definition) is 1. The molecule has 0 bridgehead atoms. The third-order valence-electron chi connectivity index (χ3n) is 3.25. The summed E-state index contributed by atoms with van der Waals surface area (Å²) in [4.78, 5) is 15.4. The van der Waals surface area contributed by atoms with Crippen LogP contribution in [-0.2, 0) is 11.3 Å². The van der Waals surface area contributed by atoms with Gasteiger partial charge >= 0.3 is 0 Å². The van der Waals surface area contributed by atoms with Crippen molar-refractivity contribution in [2.45, 2.75) is 31.9 Å². The molecule has 0 aliphatic carbocycles. The Kier molecular flexibility index (Phi) is 3.32. The SMILES string of the molecule is O=c1c2sccc2[nH]c(=S)n1CC1CCCCO1. The van der Waals surface area contributed by atoms with E-state index >= 15 is 0 Å². The minimum absolute atomic E-state index is 0.00192. The molecule has 3 heterocycles. The van der Waals surface area contributed by atoms with E-state index in [0.717, 1.165) is 36.1 Å². The van der Waals surface area contributed by atoms with Crippen LogP contribution >= 0.6 is 23.6 Å². The van der Waals surface area contributed by atoms with Crippen LogP contribution in [0, 0.1) is 4.77 Å². The molecule has 4 nitrogen and oxygen atoms in total. The molecule has 18 heavy (non-hydrogen) atoms. The monoisotopic (exact) mass is 282 g/mol. The number of ether oxygens (including phenoxy) is 1. The van der Waals surface area contributed by atoms with Gasteiger partial charge in [0.15, 0.2) is 4.77 Å². The van der Waals surface area contributed by atoms with Crippen molar-refractivity contribution in [2.24, 2.45) is 0 Å². The summed E-state index contributed by atoms with van der Waals surface area (Å²) >= 11 is 6.71. The Morgan fingerprint density at radius 2 is 2.44 bits per heavy atom. The minimum atomic E-state index is -0.00192. The van der Waals surface area contributed by atoms with Gasteiger partial charge in [-0.05, 0) is 42.9 Å². The van der Waals surface area contributed by atoms with Gasteiger partial charge in [0.1, 0.15) is 4.70 Å². The summed E-state index contributed by atoms with van der Waals surface area (Å²) in [7, 11) is 0. The van der Waals surface area contributed by atoms with Crippen LogP contribution in [0.4, 0.5) is 0 Å². The van der Waals surface area contributed by atoms with Crippen LogP contribution in [0.5, 0.6) is 0 Å². The van der Waals surface area contributed by atoms with E-state index < -0.39 is 0 Å². The second kappa shape index (κ2) is 4.95. The van der Waals surface area contributed by atoms with Gasteiger partial charge in [-0.3, -0.25) is 9.36 Å². The summed E-state index contributed by atoms with van der Waals surface area (Å²) < 4.78 is 8.52. The smallest absolute Gasteiger partial charge is 0.272 e. The Morgan fingerprint density at radius 3 is 3.22 bits per heavy atom. The lowest BCUT2D eigenvalue weighted by atomic mass is 10.1. The third-order valence-corrected chi connectivity index (χ3v) is 4.48. The van der Waals surface area contributed by atoms with Crippen molar-refractivity contribution < 1.29 is 4.74 Å². The molecule has 6 heteroatoms. The first kappa shape index (κ1) is 12.1. The van der Waals surface area contributed by atoms with Gasteiger partial charge in [0.25, 0.3) is 5.56 Å². The first-order valence-corrected chi connectivity index (χ1v) is 7.36. The van der Waals surface area contributed by atoms with Crippen molar-refractivity contribution in [3.63, 3.8) is 0 Å². The average molecular weight is 282 g/mol. The lowest BCUT2D eigenvalue weighted by molar-refractivity contribution is 0.00513. The molecule has 1 N–H and O–H groups in total. The predicted molar refractivity (Wildman–Crippen MR) is 74.9 cm³/mol. The average Bonchev–Trinajstić information content (AvgIpc) is 2.84. The maximum Gasteiger partial charge on any atom is 0.272 e. The summed E-state index contributed by atoms with van der Waals surface area (Å²) in [6.45, 7) is 1.35. The Labute approximate surface area is 113 Å². The number of fused-ring (bicyclic) bond motifs is 1. The number of aromatic nitrogens is 2. The van der Waals surface area contributed by atoms with Crippen molar-refractivity contribution in [1.82, 2.24) is 9.55 Å². The molecule has 1 atom stereocenters. The normalized spacial score (nSPS) is 20.3. The highest BCUT2D eigenvalue weighted by Crippen LogP contribution is 2.16. The second-order valence-electron chi connectivity index (χ2n) is 4.50. The molecule has 1 saturated heterocycles. The number of aromatic amines is 1. The number of H-pyrrole nitrogens is 1. The van der Waals surface area contributed by atoms with E-state index in [4.69, 9.17) is 17.0 Å². The standard InChI is InChI=1S/C12H14N2O2S2/c15-11-10-9(4-6-18-10)13-12(17)14(11)7-8-3-1-2-5-16-8/h4,6,8H,1-3,5,7H2,(H,13,17). The molecule has 2 aromatic rings. The molecule has 96 valence electrons. The van der Waals surface area contributed by atoms with Gasteiger partial charge in [0.05, 0.1) is 18.2 Å². The van der Waals surface area contributed by atoms with Gasteiger partial charge in [0, 0.05) is 6.61 Å². The van der Waals surface area contributed by atoms with E-state index in [9.17, 15) is 4.79 Å². The van der Waals surface area contributed by atoms with Crippen molar-refractivity contribution in [2.75, 3.05) is 6.61 Å². The van der Waals surface area contributed by atoms with Crippen LogP contribution in [0.25, 0.3) is 10.2 Å². The summed E-state index contributed by atoms with van der Waals surface area (Å²) in [6.07, 6.45) is 3.40. The first-order chi connectivity index (χ1) is 8.75. The lowest BCUT2D eigenvalue weighted by Crippen LogP contribution is -2.31. The second-order valence-corrected chi connectivity index (χ2v) is 5.80. The molecule has 1 aliphatic rings. The zero-order valence-corrected chi connectivity index (χ0v) is 11.5. The highest BCUT2D eigenvalue weighted by Gasteiger charge is 2.16. The lowest BCUT2D eigenvalue weighted by Gasteiger charge is -2.23. The largest absolute Gasteiger partial charge is 0.376 e. The maximum absolute atomic E-state index is 12.3. The zero-order chi connectivity index (χ0) is 12.5. The van der Waals surface area contributed by atoms with Crippen LogP contribution in [0.2, 0.25) is 0 Å². The Morgan fingerprint density at radius 1 is 1.56 bits per heavy atom. The fourth-order valence-electron chi connectivity index (χ4n) is 2.29. The Bertz CT molecular complexity index is 665. The van der Waals surface area contributed by atoms with Crippen molar-refractivity contribution in [3.05, 3.63) is 26.6 Å². The summed E-state index contributed by atoms with van der Waals surface area (Å²) in [5.74, 6) is 0. The predicted octanol–water partition coefficient (Wildman–Crippen LogP) is 2.69. The molecule has 0 radical (unpaired) electrons. The first-order valence-electron chi connectivity index (χ1n) is 6.07. The number of hydrogen-bond acceptors (Lipinski definition) is 4. The van der Waals surface area contributed by atoms with Gasteiger partial charge in [-0.1, -0.05) is 0 Å². The molecule has 3 rings (SSSR count). The van der Waals surface area contributed by atoms with Crippen LogP contribution in [-0.4, -0.2) is 22.3 Å². The Hall–Kier alpha value is -0.980. The molecule has 1 unspecified atom stereocenters. The number of thiophene rings is 1. The molecule has 2 aromatic heterocycles. The van der Waals surface area contributed by atoms with Gasteiger partial charge in [-0.25, -0.2) is 0 Å². The molecule has 1 fully saturated rings. The van der Waals surface area contributed by atoms with Crippen molar-refractivity contribution >= 4 is 33.8 Å². The van der Waals surface area contributed by atoms with Crippen molar-refractivity contribution in [3.8, 4) is 0 Å². The van der Waals surface area contributed by atoms with E-state index in [1.807, 2.05) is 11.4 Å². The summed E-state index contributed by atoms with van der Waals surface area (Å²) in [5, 5.41) is 1.90. The highest BCUT2D eigenvalue weighted by atomic mass is 32.1. The topological polar surface area (TPSA) is 47.0 Å². The van der Waals surface area contributed by atoms with Crippen LogP contribution in [0.15, 0.2) is 16.2 Å². The van der Waals surface area contributed by atoms with Crippen LogP contribution in [0.3, 0.4) is 0 Å². The molecule has 1 aliphatic heterocycles. The van der Waals surface area contributed by atoms with Gasteiger partial charge in [-0.2, -0.15) is 0 Å². The van der Waals surface area contributed by atoms with Gasteiger partial charge in [0.2, 0.25) is 0 Å². The van der Waals surface area contributed by atoms with Crippen molar-refractivity contribution in [1.29, 1.82) is 0 Å². The quantitative estimate of drug-likeness (QED) is 0.862. The maximum atomic E-state index is 12.3. The Balaban J connectivity index is 2.00. The van der Waals surface area contributed by atoms with Gasteiger partial charge < -0.3 is 9.72 Å². The fraction of sp³-hybridized carbons (Fsp3) is 0.500.